The van der Waals surface area contributed by atoms with E-state index in [9.17, 15) is 9.59 Å². The Labute approximate surface area is 96.5 Å². The number of carbonyl (C=O) groups is 2. The van der Waals surface area contributed by atoms with E-state index in [1.807, 2.05) is 0 Å². The molecule has 1 fully saturated rings. The van der Waals surface area contributed by atoms with Gasteiger partial charge >= 0.3 is 0 Å². The zero-order valence-electron chi connectivity index (χ0n) is 8.24. The largest absolute Gasteiger partial charge is 0.363 e. The molecule has 0 spiro atoms. The first-order chi connectivity index (χ1) is 7.70. The molecule has 0 amide bonds. The Morgan fingerprint density at radius 1 is 1.25 bits per heavy atom. The van der Waals surface area contributed by atoms with E-state index in [0.717, 1.165) is 13.1 Å². The Kier molecular flexibility index (Phi) is 1.88. The van der Waals surface area contributed by atoms with Gasteiger partial charge in [0.15, 0.2) is 0 Å². The molecule has 16 heavy (non-hydrogen) atoms. The summed E-state index contributed by atoms with van der Waals surface area (Å²) < 4.78 is 0. The molecule has 1 aromatic heterocycles. The van der Waals surface area contributed by atoms with Gasteiger partial charge in [0.25, 0.3) is 0 Å². The van der Waals surface area contributed by atoms with E-state index in [4.69, 9.17) is 11.6 Å². The Morgan fingerprint density at radius 3 is 2.69 bits per heavy atom. The topological polar surface area (TPSA) is 50.0 Å². The van der Waals surface area contributed by atoms with Crippen LogP contribution in [0.4, 0.5) is 0 Å². The summed E-state index contributed by atoms with van der Waals surface area (Å²) in [7, 11) is 0. The first kappa shape index (κ1) is 9.54. The van der Waals surface area contributed by atoms with Gasteiger partial charge in [-0.3, -0.25) is 14.6 Å². The normalized spacial score (nSPS) is 18.9. The van der Waals surface area contributed by atoms with Gasteiger partial charge in [-0.15, -0.1) is 0 Å². The Hall–Kier alpha value is -1.68. The fraction of sp³-hybridized carbons (Fsp3) is 0.182. The second-order valence-electron chi connectivity index (χ2n) is 3.71. The van der Waals surface area contributed by atoms with Gasteiger partial charge in [0.1, 0.15) is 16.4 Å². The lowest BCUT2D eigenvalue weighted by atomic mass is 9.97. The molecule has 0 radical (unpaired) electrons. The van der Waals surface area contributed by atoms with Crippen LogP contribution in [0, 0.1) is 0 Å². The zero-order chi connectivity index (χ0) is 11.3. The molecule has 2 aliphatic rings. The summed E-state index contributed by atoms with van der Waals surface area (Å²) in [6.45, 7) is 1.54. The monoisotopic (exact) mass is 234 g/mol. The molecule has 0 unspecified atom stereocenters. The molecular weight excluding hydrogens is 228 g/mol. The van der Waals surface area contributed by atoms with E-state index in [1.54, 1.807) is 17.0 Å². The fourth-order valence-corrected chi connectivity index (χ4v) is 2.07. The Morgan fingerprint density at radius 2 is 2.00 bits per heavy atom. The van der Waals surface area contributed by atoms with Crippen LogP contribution in [0.25, 0.3) is 0 Å². The van der Waals surface area contributed by atoms with Gasteiger partial charge in [0.05, 0.1) is 5.56 Å². The third-order valence-electron chi connectivity index (χ3n) is 2.65. The predicted molar refractivity (Wildman–Crippen MR) is 57.4 cm³/mol. The van der Waals surface area contributed by atoms with Crippen molar-refractivity contribution in [1.29, 1.82) is 0 Å². The van der Waals surface area contributed by atoms with Crippen LogP contribution < -0.4 is 0 Å². The highest BCUT2D eigenvalue weighted by Gasteiger charge is 2.38. The maximum absolute atomic E-state index is 12.1. The number of rotatable bonds is 1. The molecule has 1 saturated heterocycles. The molecule has 0 N–H and O–H groups in total. The van der Waals surface area contributed by atoms with E-state index in [1.165, 1.54) is 6.20 Å². The van der Waals surface area contributed by atoms with Gasteiger partial charge in [-0.1, -0.05) is 11.6 Å². The Balaban J connectivity index is 2.21. The van der Waals surface area contributed by atoms with Crippen LogP contribution >= 0.6 is 11.6 Å². The minimum atomic E-state index is -0.314. The lowest BCUT2D eigenvalue weighted by Gasteiger charge is -2.17. The van der Waals surface area contributed by atoms with Crippen LogP contribution in [0.5, 0.6) is 0 Å². The second kappa shape index (κ2) is 3.15. The minimum Gasteiger partial charge on any atom is -0.363 e. The highest BCUT2D eigenvalue weighted by Crippen LogP contribution is 2.31. The van der Waals surface area contributed by atoms with E-state index < -0.39 is 0 Å². The van der Waals surface area contributed by atoms with Crippen molar-refractivity contribution in [1.82, 2.24) is 9.88 Å². The smallest absolute Gasteiger partial charge is 0.229 e. The van der Waals surface area contributed by atoms with Crippen LogP contribution in [0.3, 0.4) is 0 Å². The van der Waals surface area contributed by atoms with Crippen molar-refractivity contribution in [2.24, 2.45) is 0 Å². The molecule has 1 aliphatic carbocycles. The standard InChI is InChI=1S/C11H7ClN2O2/c12-7-9(14-4-5-14)11(16)8-6(10(7)15)2-1-3-13-8/h1-3H,4-5H2. The van der Waals surface area contributed by atoms with Gasteiger partial charge in [-0.2, -0.15) is 0 Å². The summed E-state index contributed by atoms with van der Waals surface area (Å²) in [4.78, 5) is 29.7. The molecule has 1 aromatic rings. The molecule has 0 bridgehead atoms. The van der Waals surface area contributed by atoms with Crippen LogP contribution in [-0.2, 0) is 0 Å². The first-order valence-corrected chi connectivity index (χ1v) is 5.27. The first-order valence-electron chi connectivity index (χ1n) is 4.89. The molecule has 5 heteroatoms. The number of ketones is 2. The van der Waals surface area contributed by atoms with Crippen LogP contribution in [0.2, 0.25) is 0 Å². The quantitative estimate of drug-likeness (QED) is 0.686. The third-order valence-corrected chi connectivity index (χ3v) is 3.00. The Bertz CT molecular complexity index is 547. The highest BCUT2D eigenvalue weighted by molar-refractivity contribution is 6.49. The van der Waals surface area contributed by atoms with E-state index in [-0.39, 0.29) is 22.3 Å². The molecular formula is C11H7ClN2O2. The van der Waals surface area contributed by atoms with Gasteiger partial charge in [-0.05, 0) is 12.1 Å². The highest BCUT2D eigenvalue weighted by atomic mass is 35.5. The molecule has 4 nitrogen and oxygen atoms in total. The zero-order valence-corrected chi connectivity index (χ0v) is 8.99. The van der Waals surface area contributed by atoms with Crippen molar-refractivity contribution in [3.63, 3.8) is 0 Å². The average molecular weight is 235 g/mol. The number of fused-ring (bicyclic) bond motifs is 1. The summed E-state index contributed by atoms with van der Waals surface area (Å²) >= 11 is 5.93. The number of hydrogen-bond donors (Lipinski definition) is 0. The predicted octanol–water partition coefficient (Wildman–Crippen LogP) is 1.23. The maximum atomic E-state index is 12.1. The molecule has 2 heterocycles. The van der Waals surface area contributed by atoms with Crippen LogP contribution in [0.15, 0.2) is 29.1 Å². The molecule has 3 rings (SSSR count). The average Bonchev–Trinajstić information content (AvgIpc) is 3.11. The van der Waals surface area contributed by atoms with Crippen molar-refractivity contribution in [2.45, 2.75) is 0 Å². The maximum Gasteiger partial charge on any atom is 0.229 e. The summed E-state index contributed by atoms with van der Waals surface area (Å²) in [5, 5.41) is 0.0167. The number of hydrogen-bond acceptors (Lipinski definition) is 4. The SMILES string of the molecule is O=C1C(Cl)=C(N2CC2)C(=O)c2ncccc21. The van der Waals surface area contributed by atoms with Gasteiger partial charge in [-0.25, -0.2) is 0 Å². The number of halogens is 1. The number of carbonyl (C=O) groups excluding carboxylic acids is 2. The van der Waals surface area contributed by atoms with Gasteiger partial charge < -0.3 is 4.90 Å². The van der Waals surface area contributed by atoms with Crippen molar-refractivity contribution in [2.75, 3.05) is 13.1 Å². The van der Waals surface area contributed by atoms with Crippen molar-refractivity contribution < 1.29 is 9.59 Å². The van der Waals surface area contributed by atoms with Crippen LogP contribution in [-0.4, -0.2) is 34.5 Å². The summed E-state index contributed by atoms with van der Waals surface area (Å²) in [5.41, 5.74) is 0.805. The van der Waals surface area contributed by atoms with Crippen molar-refractivity contribution in [3.8, 4) is 0 Å². The molecule has 1 aliphatic heterocycles. The fourth-order valence-electron chi connectivity index (χ4n) is 1.76. The lowest BCUT2D eigenvalue weighted by Crippen LogP contribution is -2.25. The number of aromatic nitrogens is 1. The van der Waals surface area contributed by atoms with E-state index >= 15 is 0 Å². The van der Waals surface area contributed by atoms with Gasteiger partial charge in [0, 0.05) is 19.3 Å². The number of Topliss-reactive ketones (excluding diaryl/α,β-unsaturated/α-hetero) is 2. The summed E-state index contributed by atoms with van der Waals surface area (Å²) in [6.07, 6.45) is 1.50. The van der Waals surface area contributed by atoms with Crippen molar-refractivity contribution in [3.05, 3.63) is 40.3 Å². The number of nitrogens with zero attached hydrogens (tertiary/aromatic N) is 2. The number of allylic oxidation sites excluding steroid dienone is 2. The molecule has 0 aromatic carbocycles. The molecule has 0 saturated carbocycles. The lowest BCUT2D eigenvalue weighted by molar-refractivity contribution is 0.0962. The third kappa shape index (κ3) is 1.20. The minimum absolute atomic E-state index is 0.0167. The van der Waals surface area contributed by atoms with Crippen LogP contribution in [0.1, 0.15) is 20.8 Å². The summed E-state index contributed by atoms with van der Waals surface area (Å²) in [6, 6.07) is 3.19. The molecule has 80 valence electrons. The molecule has 0 atom stereocenters. The summed E-state index contributed by atoms with van der Waals surface area (Å²) in [5.74, 6) is -0.566. The second-order valence-corrected chi connectivity index (χ2v) is 4.09. The van der Waals surface area contributed by atoms with E-state index in [0.29, 0.717) is 11.3 Å². The van der Waals surface area contributed by atoms with Crippen molar-refractivity contribution >= 4 is 23.2 Å². The van der Waals surface area contributed by atoms with E-state index in [2.05, 4.69) is 4.98 Å². The van der Waals surface area contributed by atoms with Gasteiger partial charge in [0.2, 0.25) is 11.6 Å². The number of pyridine rings is 1.